The van der Waals surface area contributed by atoms with Gasteiger partial charge >= 0.3 is 0 Å². The number of nitrogens with zero attached hydrogens (tertiary/aromatic N) is 1. The Morgan fingerprint density at radius 1 is 0.976 bits per heavy atom. The van der Waals surface area contributed by atoms with Crippen LogP contribution in [0.2, 0.25) is 0 Å². The van der Waals surface area contributed by atoms with Gasteiger partial charge in [-0.15, -0.1) is 0 Å². The van der Waals surface area contributed by atoms with Crippen molar-refractivity contribution in [3.63, 3.8) is 0 Å². The highest BCUT2D eigenvalue weighted by Crippen LogP contribution is 2.48. The summed E-state index contributed by atoms with van der Waals surface area (Å²) in [6.45, 7) is 5.86. The Morgan fingerprint density at radius 3 is 2.74 bits per heavy atom. The fourth-order valence-corrected chi connectivity index (χ4v) is 8.68. The van der Waals surface area contributed by atoms with Gasteiger partial charge in [-0.05, 0) is 123 Å². The van der Waals surface area contributed by atoms with Crippen molar-refractivity contribution in [1.82, 2.24) is 4.90 Å². The SMILES string of the molecule is CC1CCCN(CCCC(=O)C2=CCC=CC=C2CC2CCCC(CC(C3=CC4CC4C=C3)C3C=CC=CC3)CC2)C1. The summed E-state index contributed by atoms with van der Waals surface area (Å²) in [6.07, 6.45) is 42.9. The van der Waals surface area contributed by atoms with Crippen LogP contribution in [0.5, 0.6) is 0 Å². The highest BCUT2D eigenvalue weighted by Gasteiger charge is 2.37. The van der Waals surface area contributed by atoms with Crippen molar-refractivity contribution in [2.45, 2.75) is 96.8 Å². The lowest BCUT2D eigenvalue weighted by Gasteiger charge is -2.31. The number of likely N-dealkylation sites (tertiary alicyclic amines) is 1. The van der Waals surface area contributed by atoms with Gasteiger partial charge < -0.3 is 4.90 Å². The average Bonchev–Trinajstić information content (AvgIpc) is 3.83. The van der Waals surface area contributed by atoms with E-state index in [1.807, 2.05) is 0 Å². The summed E-state index contributed by atoms with van der Waals surface area (Å²) in [5, 5.41) is 0. The summed E-state index contributed by atoms with van der Waals surface area (Å²) < 4.78 is 0. The Bertz CT molecular complexity index is 1160. The molecule has 6 aliphatic rings. The largest absolute Gasteiger partial charge is 0.303 e. The lowest BCUT2D eigenvalue weighted by Crippen LogP contribution is -2.35. The number of rotatable bonds is 11. The quantitative estimate of drug-likeness (QED) is 0.232. The smallest absolute Gasteiger partial charge is 0.162 e. The molecule has 2 saturated carbocycles. The van der Waals surface area contributed by atoms with Crippen molar-refractivity contribution in [3.8, 4) is 0 Å². The first-order chi connectivity index (χ1) is 20.6. The second kappa shape index (κ2) is 14.5. The van der Waals surface area contributed by atoms with E-state index in [-0.39, 0.29) is 0 Å². The standard InChI is InChI=1S/C40H55NO/c1-30-11-9-23-41(29-30)24-10-18-40(42)38-17-7-3-6-16-35(38)25-31-12-8-13-32(20-19-31)26-39(33-14-4-2-5-15-33)36-22-21-34-27-37(34)28-36/h2-6,14,16-17,21-22,28,30-34,37,39H,7-13,15,18-20,23-27,29H2,1H3. The zero-order chi connectivity index (χ0) is 28.7. The summed E-state index contributed by atoms with van der Waals surface area (Å²) in [5.74, 6) is 5.70. The zero-order valence-electron chi connectivity index (χ0n) is 26.3. The van der Waals surface area contributed by atoms with Crippen LogP contribution in [0.15, 0.2) is 83.6 Å². The maximum atomic E-state index is 13.5. The molecule has 6 rings (SSSR count). The lowest BCUT2D eigenvalue weighted by molar-refractivity contribution is -0.115. The number of allylic oxidation sites excluding steroid dienone is 14. The highest BCUT2D eigenvalue weighted by molar-refractivity contribution is 5.99. The molecule has 7 atom stereocenters. The Balaban J connectivity index is 1.03. The predicted octanol–water partition coefficient (Wildman–Crippen LogP) is 9.74. The van der Waals surface area contributed by atoms with Crippen LogP contribution in [0.25, 0.3) is 0 Å². The van der Waals surface area contributed by atoms with Crippen LogP contribution >= 0.6 is 0 Å². The molecule has 0 radical (unpaired) electrons. The fourth-order valence-electron chi connectivity index (χ4n) is 8.68. The number of hydrogen-bond donors (Lipinski definition) is 0. The van der Waals surface area contributed by atoms with Crippen LogP contribution in [0, 0.1) is 41.4 Å². The molecule has 0 spiro atoms. The van der Waals surface area contributed by atoms with Crippen molar-refractivity contribution in [3.05, 3.63) is 83.6 Å². The van der Waals surface area contributed by atoms with E-state index in [9.17, 15) is 4.79 Å². The fraction of sp³-hybridized carbons (Fsp3) is 0.625. The van der Waals surface area contributed by atoms with Crippen molar-refractivity contribution in [2.24, 2.45) is 41.4 Å². The highest BCUT2D eigenvalue weighted by atomic mass is 16.1. The molecule has 0 amide bonds. The minimum absolute atomic E-state index is 0.380. The van der Waals surface area contributed by atoms with Gasteiger partial charge in [-0.2, -0.15) is 0 Å². The molecule has 2 nitrogen and oxygen atoms in total. The molecular formula is C40H55NO. The normalized spacial score (nSPS) is 33.6. The van der Waals surface area contributed by atoms with Crippen LogP contribution in [-0.2, 0) is 4.79 Å². The Kier molecular flexibility index (Phi) is 10.3. The number of Topliss-reactive ketones (excluding diaryl/α,β-unsaturated/α-hetero) is 1. The molecule has 0 N–H and O–H groups in total. The minimum Gasteiger partial charge on any atom is -0.303 e. The van der Waals surface area contributed by atoms with E-state index in [1.165, 1.54) is 82.9 Å². The second-order valence-corrected chi connectivity index (χ2v) is 14.6. The molecule has 1 heterocycles. The van der Waals surface area contributed by atoms with E-state index in [0.29, 0.717) is 30.0 Å². The second-order valence-electron chi connectivity index (χ2n) is 14.6. The lowest BCUT2D eigenvalue weighted by atomic mass is 9.74. The van der Waals surface area contributed by atoms with Crippen molar-refractivity contribution < 1.29 is 4.79 Å². The van der Waals surface area contributed by atoms with E-state index in [2.05, 4.69) is 78.7 Å². The number of carbonyl (C=O) groups excluding carboxylic acids is 1. The van der Waals surface area contributed by atoms with Gasteiger partial charge in [0.15, 0.2) is 5.78 Å². The molecule has 0 aromatic carbocycles. The molecule has 1 saturated heterocycles. The summed E-state index contributed by atoms with van der Waals surface area (Å²) in [6, 6.07) is 0. The predicted molar refractivity (Wildman–Crippen MR) is 177 cm³/mol. The first-order valence-corrected chi connectivity index (χ1v) is 17.7. The summed E-state index contributed by atoms with van der Waals surface area (Å²) >= 11 is 0. The first kappa shape index (κ1) is 29.9. The van der Waals surface area contributed by atoms with E-state index in [4.69, 9.17) is 0 Å². The maximum absolute atomic E-state index is 13.5. The summed E-state index contributed by atoms with van der Waals surface area (Å²) in [4.78, 5) is 16.1. The molecule has 3 fully saturated rings. The number of fused-ring (bicyclic) bond motifs is 1. The van der Waals surface area contributed by atoms with Crippen molar-refractivity contribution in [1.29, 1.82) is 0 Å². The minimum atomic E-state index is 0.380. The first-order valence-electron chi connectivity index (χ1n) is 17.7. The molecule has 226 valence electrons. The van der Waals surface area contributed by atoms with Crippen molar-refractivity contribution in [2.75, 3.05) is 19.6 Å². The third-order valence-electron chi connectivity index (χ3n) is 11.3. The van der Waals surface area contributed by atoms with Gasteiger partial charge in [-0.25, -0.2) is 0 Å². The van der Waals surface area contributed by atoms with Crippen molar-refractivity contribution >= 4 is 5.78 Å². The number of hydrogen-bond acceptors (Lipinski definition) is 2. The number of ketones is 1. The molecule has 5 aliphatic carbocycles. The van der Waals surface area contributed by atoms with Crippen LogP contribution < -0.4 is 0 Å². The summed E-state index contributed by atoms with van der Waals surface area (Å²) in [5.41, 5.74) is 4.00. The third-order valence-corrected chi connectivity index (χ3v) is 11.3. The molecule has 0 aromatic heterocycles. The number of piperidine rings is 1. The topological polar surface area (TPSA) is 20.3 Å². The van der Waals surface area contributed by atoms with Gasteiger partial charge in [-0.1, -0.05) is 99.4 Å². The van der Waals surface area contributed by atoms with Crippen LogP contribution in [-0.4, -0.2) is 30.3 Å². The van der Waals surface area contributed by atoms with Gasteiger partial charge in [0.2, 0.25) is 0 Å². The van der Waals surface area contributed by atoms with Gasteiger partial charge in [0.1, 0.15) is 0 Å². The zero-order valence-corrected chi connectivity index (χ0v) is 26.3. The van der Waals surface area contributed by atoms with Crippen LogP contribution in [0.4, 0.5) is 0 Å². The third kappa shape index (κ3) is 8.04. The molecule has 2 heteroatoms. The van der Waals surface area contributed by atoms with Gasteiger partial charge in [-0.3, -0.25) is 4.79 Å². The Labute approximate surface area is 256 Å². The number of carbonyl (C=O) groups is 1. The summed E-state index contributed by atoms with van der Waals surface area (Å²) in [7, 11) is 0. The van der Waals surface area contributed by atoms with Crippen LogP contribution in [0.3, 0.4) is 0 Å². The molecule has 0 bridgehead atoms. The molecule has 0 aromatic rings. The van der Waals surface area contributed by atoms with E-state index in [1.54, 1.807) is 5.57 Å². The molecular weight excluding hydrogens is 510 g/mol. The van der Waals surface area contributed by atoms with Gasteiger partial charge in [0, 0.05) is 18.5 Å². The Hall–Kier alpha value is -2.19. The van der Waals surface area contributed by atoms with Crippen LogP contribution in [0.1, 0.15) is 96.8 Å². The molecule has 1 aliphatic heterocycles. The van der Waals surface area contributed by atoms with E-state index < -0.39 is 0 Å². The van der Waals surface area contributed by atoms with Gasteiger partial charge in [0.25, 0.3) is 0 Å². The van der Waals surface area contributed by atoms with E-state index >= 15 is 0 Å². The maximum Gasteiger partial charge on any atom is 0.162 e. The Morgan fingerprint density at radius 2 is 1.88 bits per heavy atom. The monoisotopic (exact) mass is 565 g/mol. The average molecular weight is 566 g/mol. The molecule has 7 unspecified atom stereocenters. The van der Waals surface area contributed by atoms with Gasteiger partial charge in [0.05, 0.1) is 0 Å². The van der Waals surface area contributed by atoms with E-state index in [0.717, 1.165) is 55.1 Å². The molecule has 42 heavy (non-hydrogen) atoms.